The molecule has 0 aliphatic heterocycles. The molecule has 8 heteroatoms. The molecule has 0 bridgehead atoms. The van der Waals surface area contributed by atoms with Gasteiger partial charge >= 0.3 is 0 Å². The summed E-state index contributed by atoms with van der Waals surface area (Å²) in [5.74, 6) is 0.334. The zero-order valence-electron chi connectivity index (χ0n) is 16.1. The number of aromatic nitrogens is 2. The normalized spacial score (nSPS) is 22.2. The molecule has 0 saturated heterocycles. The molecule has 1 fully saturated rings. The van der Waals surface area contributed by atoms with Crippen molar-refractivity contribution in [3.8, 4) is 0 Å². The summed E-state index contributed by atoms with van der Waals surface area (Å²) in [7, 11) is -3.85. The van der Waals surface area contributed by atoms with Gasteiger partial charge in [0.2, 0.25) is 0 Å². The number of nitrogens with two attached hydrogens (primary N) is 1. The van der Waals surface area contributed by atoms with Crippen LogP contribution in [-0.2, 0) is 10.0 Å². The minimum Gasteiger partial charge on any atom is -0.393 e. The summed E-state index contributed by atoms with van der Waals surface area (Å²) in [5, 5.41) is 17.6. The van der Waals surface area contributed by atoms with Crippen LogP contribution in [0, 0.1) is 13.8 Å². The molecule has 1 saturated carbocycles. The van der Waals surface area contributed by atoms with Crippen molar-refractivity contribution in [2.75, 3.05) is 10.0 Å². The van der Waals surface area contributed by atoms with Crippen LogP contribution in [0.3, 0.4) is 0 Å². The average molecular weight is 401 g/mol. The van der Waals surface area contributed by atoms with Crippen molar-refractivity contribution < 1.29 is 13.5 Å². The SMILES string of the molecule is Cc1cccc(S(=O)(=O)N(c2ccc3[nH]nc(N)c3c2C)C2(C)CC(O)C2)c1. The van der Waals surface area contributed by atoms with E-state index in [4.69, 9.17) is 5.73 Å². The number of hydrogen-bond donors (Lipinski definition) is 3. The number of fused-ring (bicyclic) bond motifs is 1. The highest BCUT2D eigenvalue weighted by atomic mass is 32.2. The van der Waals surface area contributed by atoms with Crippen LogP contribution in [0.25, 0.3) is 10.9 Å². The summed E-state index contributed by atoms with van der Waals surface area (Å²) < 4.78 is 28.9. The second kappa shape index (κ2) is 6.22. The number of rotatable bonds is 4. The number of nitrogen functional groups attached to an aromatic ring is 1. The third-order valence-corrected chi connectivity index (χ3v) is 7.54. The zero-order valence-corrected chi connectivity index (χ0v) is 16.9. The van der Waals surface area contributed by atoms with Crippen LogP contribution in [-0.4, -0.2) is 35.4 Å². The number of benzene rings is 2. The third-order valence-electron chi connectivity index (χ3n) is 5.58. The fourth-order valence-corrected chi connectivity index (χ4v) is 6.22. The minimum absolute atomic E-state index is 0.231. The first-order valence-electron chi connectivity index (χ1n) is 9.17. The van der Waals surface area contributed by atoms with Gasteiger partial charge in [-0.1, -0.05) is 12.1 Å². The molecule has 3 aromatic rings. The molecule has 0 unspecified atom stereocenters. The molecule has 4 N–H and O–H groups in total. The van der Waals surface area contributed by atoms with Crippen molar-refractivity contribution in [1.29, 1.82) is 0 Å². The van der Waals surface area contributed by atoms with E-state index < -0.39 is 21.7 Å². The lowest BCUT2D eigenvalue weighted by atomic mass is 9.75. The molecular formula is C20H24N4O3S. The van der Waals surface area contributed by atoms with Crippen molar-refractivity contribution in [2.24, 2.45) is 0 Å². The van der Waals surface area contributed by atoms with E-state index in [1.165, 1.54) is 4.31 Å². The first-order valence-corrected chi connectivity index (χ1v) is 10.6. The van der Waals surface area contributed by atoms with Gasteiger partial charge in [0.1, 0.15) is 0 Å². The fourth-order valence-electron chi connectivity index (χ4n) is 4.23. The Balaban J connectivity index is 1.96. The summed E-state index contributed by atoms with van der Waals surface area (Å²) in [6.07, 6.45) is 0.232. The maximum absolute atomic E-state index is 13.7. The number of H-pyrrole nitrogens is 1. The minimum atomic E-state index is -3.85. The molecular weight excluding hydrogens is 376 g/mol. The molecule has 0 radical (unpaired) electrons. The van der Waals surface area contributed by atoms with Gasteiger partial charge in [0, 0.05) is 5.39 Å². The Kier molecular flexibility index (Phi) is 4.17. The number of sulfonamides is 1. The van der Waals surface area contributed by atoms with Gasteiger partial charge < -0.3 is 10.8 Å². The molecule has 28 heavy (non-hydrogen) atoms. The van der Waals surface area contributed by atoms with Crippen molar-refractivity contribution in [1.82, 2.24) is 10.2 Å². The van der Waals surface area contributed by atoms with E-state index in [9.17, 15) is 13.5 Å². The Morgan fingerprint density at radius 1 is 1.25 bits per heavy atom. The van der Waals surface area contributed by atoms with Gasteiger partial charge in [-0.05, 0) is 69.0 Å². The van der Waals surface area contributed by atoms with Gasteiger partial charge in [-0.15, -0.1) is 0 Å². The second-order valence-corrected chi connectivity index (χ2v) is 9.67. The molecule has 148 valence electrons. The Labute approximate surface area is 164 Å². The summed E-state index contributed by atoms with van der Waals surface area (Å²) in [6.45, 7) is 5.58. The zero-order chi connectivity index (χ0) is 20.3. The van der Waals surface area contributed by atoms with Crippen LogP contribution < -0.4 is 10.0 Å². The number of nitrogens with one attached hydrogen (secondary N) is 1. The van der Waals surface area contributed by atoms with E-state index in [2.05, 4.69) is 10.2 Å². The second-order valence-electron chi connectivity index (χ2n) is 7.89. The standard InChI is InChI=1S/C20H24N4O3S/c1-12-5-4-6-15(9-12)28(26,27)24(20(3)10-14(25)11-20)17-8-7-16-18(13(17)2)19(21)23-22-16/h4-9,14,25H,10-11H2,1-3H3,(H3,21,22,23). The number of aryl methyl sites for hydroxylation is 2. The van der Waals surface area contributed by atoms with E-state index in [0.29, 0.717) is 29.7 Å². The van der Waals surface area contributed by atoms with Crippen LogP contribution in [0.2, 0.25) is 0 Å². The van der Waals surface area contributed by atoms with E-state index in [1.807, 2.05) is 26.8 Å². The molecule has 2 aromatic carbocycles. The monoisotopic (exact) mass is 400 g/mol. The maximum Gasteiger partial charge on any atom is 0.264 e. The van der Waals surface area contributed by atoms with Crippen molar-refractivity contribution >= 4 is 32.4 Å². The molecule has 1 aromatic heterocycles. The van der Waals surface area contributed by atoms with E-state index in [-0.39, 0.29) is 4.90 Å². The fraction of sp³-hybridized carbons (Fsp3) is 0.350. The summed E-state index contributed by atoms with van der Waals surface area (Å²) in [6, 6.07) is 10.4. The Morgan fingerprint density at radius 3 is 2.61 bits per heavy atom. The van der Waals surface area contributed by atoms with E-state index >= 15 is 0 Å². The summed E-state index contributed by atoms with van der Waals surface area (Å²) in [5.41, 5.74) is 8.20. The molecule has 1 heterocycles. The maximum atomic E-state index is 13.7. The highest BCUT2D eigenvalue weighted by Crippen LogP contribution is 2.45. The Hall–Kier alpha value is -2.58. The molecule has 0 amide bonds. The van der Waals surface area contributed by atoms with E-state index in [1.54, 1.807) is 30.3 Å². The smallest absolute Gasteiger partial charge is 0.264 e. The predicted octanol–water partition coefficient (Wildman–Crippen LogP) is 2.87. The van der Waals surface area contributed by atoms with Gasteiger partial charge in [-0.25, -0.2) is 8.42 Å². The molecule has 1 aliphatic carbocycles. The van der Waals surface area contributed by atoms with Crippen LogP contribution >= 0.6 is 0 Å². The van der Waals surface area contributed by atoms with Crippen LogP contribution in [0.5, 0.6) is 0 Å². The number of aromatic amines is 1. The Bertz CT molecular complexity index is 1160. The largest absolute Gasteiger partial charge is 0.393 e. The quantitative estimate of drug-likeness (QED) is 0.623. The molecule has 7 nitrogen and oxygen atoms in total. The first-order chi connectivity index (χ1) is 13.1. The van der Waals surface area contributed by atoms with Crippen LogP contribution in [0.4, 0.5) is 11.5 Å². The Morgan fingerprint density at radius 2 is 1.96 bits per heavy atom. The van der Waals surface area contributed by atoms with Gasteiger partial charge in [-0.2, -0.15) is 5.10 Å². The molecule has 4 rings (SSSR count). The molecule has 0 spiro atoms. The lowest BCUT2D eigenvalue weighted by Crippen LogP contribution is -2.59. The topological polar surface area (TPSA) is 112 Å². The average Bonchev–Trinajstić information content (AvgIpc) is 2.97. The predicted molar refractivity (Wildman–Crippen MR) is 110 cm³/mol. The number of anilines is 2. The highest BCUT2D eigenvalue weighted by molar-refractivity contribution is 7.93. The van der Waals surface area contributed by atoms with Gasteiger partial charge in [0.05, 0.1) is 27.7 Å². The third kappa shape index (κ3) is 2.75. The number of nitrogens with zero attached hydrogens (tertiary/aromatic N) is 2. The first kappa shape index (κ1) is 18.8. The van der Waals surface area contributed by atoms with Crippen molar-refractivity contribution in [3.63, 3.8) is 0 Å². The van der Waals surface area contributed by atoms with E-state index in [0.717, 1.165) is 16.6 Å². The van der Waals surface area contributed by atoms with Crippen LogP contribution in [0.15, 0.2) is 41.3 Å². The van der Waals surface area contributed by atoms with Crippen LogP contribution in [0.1, 0.15) is 30.9 Å². The van der Waals surface area contributed by atoms with Gasteiger partial charge in [0.15, 0.2) is 5.82 Å². The van der Waals surface area contributed by atoms with Gasteiger partial charge in [-0.3, -0.25) is 9.40 Å². The van der Waals surface area contributed by atoms with Gasteiger partial charge in [0.25, 0.3) is 10.0 Å². The lowest BCUT2D eigenvalue weighted by molar-refractivity contribution is 0.0348. The highest BCUT2D eigenvalue weighted by Gasteiger charge is 2.50. The summed E-state index contributed by atoms with van der Waals surface area (Å²) in [4.78, 5) is 0.231. The summed E-state index contributed by atoms with van der Waals surface area (Å²) >= 11 is 0. The molecule has 1 aliphatic rings. The lowest BCUT2D eigenvalue weighted by Gasteiger charge is -2.50. The van der Waals surface area contributed by atoms with Crippen molar-refractivity contribution in [3.05, 3.63) is 47.5 Å². The van der Waals surface area contributed by atoms with Crippen molar-refractivity contribution in [2.45, 2.75) is 50.2 Å². The number of aliphatic hydroxyl groups is 1. The molecule has 0 atom stereocenters. The number of aliphatic hydroxyl groups excluding tert-OH is 1. The number of hydrogen-bond acceptors (Lipinski definition) is 5.